The summed E-state index contributed by atoms with van der Waals surface area (Å²) >= 11 is 0. The molecule has 4 heteroatoms. The van der Waals surface area contributed by atoms with Gasteiger partial charge in [-0.2, -0.15) is 0 Å². The molecule has 0 aliphatic heterocycles. The number of hydrogen-bond acceptors (Lipinski definition) is 2. The van der Waals surface area contributed by atoms with Crippen LogP contribution >= 0.6 is 0 Å². The van der Waals surface area contributed by atoms with Gasteiger partial charge in [0.15, 0.2) is 0 Å². The number of amides is 1. The Morgan fingerprint density at radius 3 is 2.30 bits per heavy atom. The lowest BCUT2D eigenvalue weighted by Crippen LogP contribution is -2.45. The third-order valence-corrected chi connectivity index (χ3v) is 4.86. The molecule has 2 aliphatic rings. The van der Waals surface area contributed by atoms with Crippen molar-refractivity contribution in [1.29, 1.82) is 0 Å². The molecule has 0 aromatic carbocycles. The highest BCUT2D eigenvalue weighted by molar-refractivity contribution is 5.85. The third-order valence-electron chi connectivity index (χ3n) is 4.86. The number of carbonyl (C=O) groups excluding carboxylic acids is 1. The van der Waals surface area contributed by atoms with E-state index in [0.717, 1.165) is 25.7 Å². The van der Waals surface area contributed by atoms with Gasteiger partial charge >= 0.3 is 5.97 Å². The Hall–Kier alpha value is -1.06. The maximum Gasteiger partial charge on any atom is 0.326 e. The van der Waals surface area contributed by atoms with Crippen LogP contribution in [0.25, 0.3) is 0 Å². The topological polar surface area (TPSA) is 66.4 Å². The van der Waals surface area contributed by atoms with E-state index in [0.29, 0.717) is 5.92 Å². The maximum atomic E-state index is 12.3. The average molecular weight is 281 g/mol. The first-order valence-corrected chi connectivity index (χ1v) is 8.15. The molecule has 2 atom stereocenters. The summed E-state index contributed by atoms with van der Waals surface area (Å²) in [7, 11) is 0. The minimum Gasteiger partial charge on any atom is -0.480 e. The first kappa shape index (κ1) is 15.3. The normalized spacial score (nSPS) is 23.1. The van der Waals surface area contributed by atoms with Crippen LogP contribution in [0.2, 0.25) is 0 Å². The summed E-state index contributed by atoms with van der Waals surface area (Å²) in [6.45, 7) is 2.03. The van der Waals surface area contributed by atoms with Crippen LogP contribution in [0.5, 0.6) is 0 Å². The van der Waals surface area contributed by atoms with Crippen molar-refractivity contribution in [2.45, 2.75) is 70.8 Å². The van der Waals surface area contributed by atoms with Crippen molar-refractivity contribution in [2.24, 2.45) is 17.8 Å². The zero-order valence-corrected chi connectivity index (χ0v) is 12.4. The smallest absolute Gasteiger partial charge is 0.326 e. The van der Waals surface area contributed by atoms with E-state index in [9.17, 15) is 14.7 Å². The lowest BCUT2D eigenvalue weighted by Gasteiger charge is -2.26. The Labute approximate surface area is 121 Å². The number of carboxylic acid groups (broad SMARTS) is 1. The van der Waals surface area contributed by atoms with Crippen molar-refractivity contribution in [3.05, 3.63) is 0 Å². The third kappa shape index (κ3) is 4.22. The summed E-state index contributed by atoms with van der Waals surface area (Å²) in [5, 5.41) is 12.0. The van der Waals surface area contributed by atoms with Gasteiger partial charge in [0, 0.05) is 5.92 Å². The minimum absolute atomic E-state index is 0.0151. The molecule has 4 nitrogen and oxygen atoms in total. The Morgan fingerprint density at radius 2 is 1.80 bits per heavy atom. The molecular formula is C16H27NO3. The van der Waals surface area contributed by atoms with Crippen LogP contribution < -0.4 is 5.32 Å². The van der Waals surface area contributed by atoms with Gasteiger partial charge in [0.25, 0.3) is 0 Å². The van der Waals surface area contributed by atoms with E-state index >= 15 is 0 Å². The Morgan fingerprint density at radius 1 is 1.15 bits per heavy atom. The van der Waals surface area contributed by atoms with E-state index in [1.54, 1.807) is 0 Å². The summed E-state index contributed by atoms with van der Waals surface area (Å²) in [6.07, 6.45) is 9.93. The van der Waals surface area contributed by atoms with E-state index in [4.69, 9.17) is 0 Å². The molecule has 0 aromatic heterocycles. The van der Waals surface area contributed by atoms with Crippen LogP contribution in [0.15, 0.2) is 0 Å². The number of carbonyl (C=O) groups is 2. The van der Waals surface area contributed by atoms with Crippen molar-refractivity contribution in [1.82, 2.24) is 5.32 Å². The summed E-state index contributed by atoms with van der Waals surface area (Å²) in [5.41, 5.74) is 0. The first-order chi connectivity index (χ1) is 9.61. The number of hydrogen-bond donors (Lipinski definition) is 2. The van der Waals surface area contributed by atoms with Crippen LogP contribution in [-0.2, 0) is 9.59 Å². The van der Waals surface area contributed by atoms with Crippen LogP contribution in [0.4, 0.5) is 0 Å². The lowest BCUT2D eigenvalue weighted by atomic mass is 9.81. The average Bonchev–Trinajstić information content (AvgIpc) is 3.27. The fourth-order valence-corrected chi connectivity index (χ4v) is 3.37. The first-order valence-electron chi connectivity index (χ1n) is 8.15. The standard InChI is InChI=1S/C16H27NO3/c1-2-12(10-11-6-4-3-5-7-11)15(18)17-14(16(19)20)13-8-9-13/h11-14H,2-10H2,1H3,(H,17,18)(H,19,20). The molecular weight excluding hydrogens is 254 g/mol. The second kappa shape index (κ2) is 7.09. The molecule has 0 heterocycles. The van der Waals surface area contributed by atoms with Crippen LogP contribution in [0.1, 0.15) is 64.7 Å². The van der Waals surface area contributed by atoms with E-state index in [1.165, 1.54) is 32.1 Å². The van der Waals surface area contributed by atoms with E-state index < -0.39 is 12.0 Å². The number of aliphatic carboxylic acids is 1. The molecule has 2 N–H and O–H groups in total. The van der Waals surface area contributed by atoms with Crippen molar-refractivity contribution in [3.63, 3.8) is 0 Å². The van der Waals surface area contributed by atoms with E-state index in [2.05, 4.69) is 5.32 Å². The van der Waals surface area contributed by atoms with Gasteiger partial charge in [-0.25, -0.2) is 4.79 Å². The molecule has 2 saturated carbocycles. The molecule has 0 aromatic rings. The van der Waals surface area contributed by atoms with E-state index in [-0.39, 0.29) is 17.7 Å². The van der Waals surface area contributed by atoms with Crippen LogP contribution in [0.3, 0.4) is 0 Å². The summed E-state index contributed by atoms with van der Waals surface area (Å²) in [6, 6.07) is -0.664. The molecule has 2 fully saturated rings. The highest BCUT2D eigenvalue weighted by Crippen LogP contribution is 2.34. The number of nitrogens with one attached hydrogen (secondary N) is 1. The van der Waals surface area contributed by atoms with Gasteiger partial charge < -0.3 is 10.4 Å². The maximum absolute atomic E-state index is 12.3. The fourth-order valence-electron chi connectivity index (χ4n) is 3.37. The molecule has 114 valence electrons. The molecule has 0 radical (unpaired) electrons. The van der Waals surface area contributed by atoms with Crippen molar-refractivity contribution < 1.29 is 14.7 Å². The van der Waals surface area contributed by atoms with E-state index in [1.807, 2.05) is 6.92 Å². The van der Waals surface area contributed by atoms with Gasteiger partial charge in [-0.3, -0.25) is 4.79 Å². The zero-order chi connectivity index (χ0) is 14.5. The predicted octanol–water partition coefficient (Wildman–Crippen LogP) is 2.96. The Balaban J connectivity index is 1.85. The van der Waals surface area contributed by atoms with Gasteiger partial charge in [-0.05, 0) is 37.5 Å². The van der Waals surface area contributed by atoms with Gasteiger partial charge in [-0.15, -0.1) is 0 Å². The molecule has 0 bridgehead atoms. The molecule has 0 spiro atoms. The lowest BCUT2D eigenvalue weighted by molar-refractivity contribution is -0.143. The molecule has 0 saturated heterocycles. The Kier molecular flexibility index (Phi) is 5.44. The van der Waals surface area contributed by atoms with Gasteiger partial charge in [0.2, 0.25) is 5.91 Å². The second-order valence-corrected chi connectivity index (χ2v) is 6.51. The molecule has 2 aliphatic carbocycles. The van der Waals surface area contributed by atoms with Gasteiger partial charge in [0.05, 0.1) is 0 Å². The van der Waals surface area contributed by atoms with Crippen LogP contribution in [0, 0.1) is 17.8 Å². The molecule has 1 amide bonds. The minimum atomic E-state index is -0.881. The van der Waals surface area contributed by atoms with Crippen molar-refractivity contribution >= 4 is 11.9 Å². The molecule has 20 heavy (non-hydrogen) atoms. The van der Waals surface area contributed by atoms with Crippen LogP contribution in [-0.4, -0.2) is 23.0 Å². The van der Waals surface area contributed by atoms with Crippen molar-refractivity contribution in [2.75, 3.05) is 0 Å². The number of rotatable bonds is 7. The van der Waals surface area contributed by atoms with Gasteiger partial charge in [-0.1, -0.05) is 39.0 Å². The summed E-state index contributed by atoms with van der Waals surface area (Å²) < 4.78 is 0. The number of carboxylic acids is 1. The summed E-state index contributed by atoms with van der Waals surface area (Å²) in [4.78, 5) is 23.5. The highest BCUT2D eigenvalue weighted by atomic mass is 16.4. The monoisotopic (exact) mass is 281 g/mol. The van der Waals surface area contributed by atoms with Crippen molar-refractivity contribution in [3.8, 4) is 0 Å². The largest absolute Gasteiger partial charge is 0.480 e. The zero-order valence-electron chi connectivity index (χ0n) is 12.4. The quantitative estimate of drug-likeness (QED) is 0.754. The SMILES string of the molecule is CCC(CC1CCCCC1)C(=O)NC(C(=O)O)C1CC1. The predicted molar refractivity (Wildman–Crippen MR) is 77.3 cm³/mol. The highest BCUT2D eigenvalue weighted by Gasteiger charge is 2.38. The fraction of sp³-hybridized carbons (Fsp3) is 0.875. The van der Waals surface area contributed by atoms with Gasteiger partial charge in [0.1, 0.15) is 6.04 Å². The molecule has 2 unspecified atom stereocenters. The Bertz CT molecular complexity index is 346. The molecule has 2 rings (SSSR count). The summed E-state index contributed by atoms with van der Waals surface area (Å²) in [5.74, 6) is -0.128. The second-order valence-electron chi connectivity index (χ2n) is 6.51.